The number of hydrogen-bond acceptors (Lipinski definition) is 2. The molecule has 2 atom stereocenters. The van der Waals surface area contributed by atoms with Crippen LogP contribution in [0, 0.1) is 11.8 Å². The molecule has 1 aromatic carbocycles. The van der Waals surface area contributed by atoms with Gasteiger partial charge in [-0.15, -0.1) is 12.4 Å². The van der Waals surface area contributed by atoms with Crippen LogP contribution in [0.2, 0.25) is 0 Å². The Bertz CT molecular complexity index is 534. The molecular formula is C21H33ClFNO. The standard InChI is InChI=1S/C21H32FNO.ClH/c1-17-16-23(13-6-9-18-7-3-2-4-8-18)14-12-21(17,22)19-10-5-11-20(24)15-19;/h5,10-11,15,17-18,24H,2-4,6-9,12-14,16H2,1H3;1H. The molecule has 0 radical (unpaired) electrons. The minimum absolute atomic E-state index is 0. The van der Waals surface area contributed by atoms with Gasteiger partial charge >= 0.3 is 0 Å². The Hall–Kier alpha value is -0.800. The molecule has 0 aromatic heterocycles. The molecule has 2 fully saturated rings. The Morgan fingerprint density at radius 3 is 2.68 bits per heavy atom. The summed E-state index contributed by atoms with van der Waals surface area (Å²) in [6, 6.07) is 6.76. The number of aromatic hydroxyl groups is 1. The van der Waals surface area contributed by atoms with Gasteiger partial charge in [-0.25, -0.2) is 4.39 Å². The number of benzene rings is 1. The van der Waals surface area contributed by atoms with Crippen molar-refractivity contribution < 1.29 is 9.50 Å². The number of likely N-dealkylation sites (tertiary alicyclic amines) is 1. The van der Waals surface area contributed by atoms with E-state index in [0.29, 0.717) is 12.0 Å². The molecule has 25 heavy (non-hydrogen) atoms. The van der Waals surface area contributed by atoms with Crippen LogP contribution < -0.4 is 0 Å². The summed E-state index contributed by atoms with van der Waals surface area (Å²) in [5, 5.41) is 9.66. The second-order valence-corrected chi connectivity index (χ2v) is 8.01. The molecule has 1 aliphatic heterocycles. The van der Waals surface area contributed by atoms with Crippen molar-refractivity contribution in [3.05, 3.63) is 29.8 Å². The smallest absolute Gasteiger partial charge is 0.141 e. The van der Waals surface area contributed by atoms with E-state index >= 15 is 4.39 Å². The average Bonchev–Trinajstić information content (AvgIpc) is 2.59. The van der Waals surface area contributed by atoms with Gasteiger partial charge in [0.2, 0.25) is 0 Å². The molecule has 2 unspecified atom stereocenters. The van der Waals surface area contributed by atoms with E-state index in [9.17, 15) is 5.11 Å². The van der Waals surface area contributed by atoms with Crippen LogP contribution in [0.3, 0.4) is 0 Å². The van der Waals surface area contributed by atoms with Gasteiger partial charge in [0.25, 0.3) is 0 Å². The number of piperidine rings is 1. The van der Waals surface area contributed by atoms with Gasteiger partial charge in [0.1, 0.15) is 11.4 Å². The maximum Gasteiger partial charge on any atom is 0.141 e. The maximum atomic E-state index is 15.5. The third kappa shape index (κ3) is 5.10. The minimum atomic E-state index is -1.31. The van der Waals surface area contributed by atoms with Crippen molar-refractivity contribution in [2.45, 2.75) is 64.0 Å². The Morgan fingerprint density at radius 2 is 2.00 bits per heavy atom. The predicted molar refractivity (Wildman–Crippen MR) is 104 cm³/mol. The van der Waals surface area contributed by atoms with Crippen molar-refractivity contribution in [3.63, 3.8) is 0 Å². The second-order valence-electron chi connectivity index (χ2n) is 8.01. The number of hydrogen-bond donors (Lipinski definition) is 1. The first-order valence-corrected chi connectivity index (χ1v) is 9.79. The molecule has 0 amide bonds. The average molecular weight is 370 g/mol. The van der Waals surface area contributed by atoms with Gasteiger partial charge < -0.3 is 10.0 Å². The van der Waals surface area contributed by atoms with E-state index in [1.165, 1.54) is 44.9 Å². The molecule has 1 heterocycles. The summed E-state index contributed by atoms with van der Waals surface area (Å²) in [5.41, 5.74) is -0.671. The van der Waals surface area contributed by atoms with Crippen LogP contribution in [0.15, 0.2) is 24.3 Å². The Kier molecular flexibility index (Phi) is 7.57. The van der Waals surface area contributed by atoms with Crippen LogP contribution in [-0.2, 0) is 5.67 Å². The topological polar surface area (TPSA) is 23.5 Å². The highest BCUT2D eigenvalue weighted by atomic mass is 35.5. The van der Waals surface area contributed by atoms with E-state index < -0.39 is 5.67 Å². The summed E-state index contributed by atoms with van der Waals surface area (Å²) in [4.78, 5) is 2.44. The summed E-state index contributed by atoms with van der Waals surface area (Å²) in [7, 11) is 0. The zero-order valence-corrected chi connectivity index (χ0v) is 16.2. The van der Waals surface area contributed by atoms with Crippen LogP contribution in [0.1, 0.15) is 63.9 Å². The van der Waals surface area contributed by atoms with Crippen molar-refractivity contribution in [2.75, 3.05) is 19.6 Å². The molecule has 1 saturated heterocycles. The van der Waals surface area contributed by atoms with Gasteiger partial charge in [0, 0.05) is 19.0 Å². The van der Waals surface area contributed by atoms with Crippen molar-refractivity contribution in [2.24, 2.45) is 11.8 Å². The third-order valence-electron chi connectivity index (χ3n) is 6.24. The van der Waals surface area contributed by atoms with Crippen LogP contribution in [0.4, 0.5) is 4.39 Å². The van der Waals surface area contributed by atoms with Gasteiger partial charge in [-0.3, -0.25) is 0 Å². The molecule has 1 N–H and O–H groups in total. The molecule has 1 saturated carbocycles. The number of rotatable bonds is 5. The lowest BCUT2D eigenvalue weighted by Crippen LogP contribution is -2.46. The quantitative estimate of drug-likeness (QED) is 0.721. The Balaban J connectivity index is 0.00000225. The first kappa shape index (κ1) is 20.5. The first-order valence-electron chi connectivity index (χ1n) is 9.79. The molecule has 2 aliphatic rings. The fraction of sp³-hybridized carbons (Fsp3) is 0.714. The number of nitrogens with zero attached hydrogens (tertiary/aromatic N) is 1. The van der Waals surface area contributed by atoms with Gasteiger partial charge in [0.15, 0.2) is 0 Å². The predicted octanol–water partition coefficient (Wildman–Crippen LogP) is 5.68. The lowest BCUT2D eigenvalue weighted by Gasteiger charge is -2.42. The Labute approximate surface area is 158 Å². The molecule has 0 spiro atoms. The van der Waals surface area contributed by atoms with Gasteiger partial charge in [-0.05, 0) is 49.4 Å². The fourth-order valence-electron chi connectivity index (χ4n) is 4.67. The van der Waals surface area contributed by atoms with Crippen molar-refractivity contribution in [1.82, 2.24) is 4.90 Å². The molecule has 1 aromatic rings. The lowest BCUT2D eigenvalue weighted by atomic mass is 9.78. The summed E-state index contributed by atoms with van der Waals surface area (Å²) in [5.74, 6) is 1.06. The van der Waals surface area contributed by atoms with Gasteiger partial charge in [0.05, 0.1) is 0 Å². The van der Waals surface area contributed by atoms with E-state index in [0.717, 1.165) is 25.6 Å². The Morgan fingerprint density at radius 1 is 1.24 bits per heavy atom. The highest BCUT2D eigenvalue weighted by molar-refractivity contribution is 5.85. The number of halogens is 2. The monoisotopic (exact) mass is 369 g/mol. The zero-order chi connectivity index (χ0) is 17.0. The van der Waals surface area contributed by atoms with Crippen LogP contribution in [-0.4, -0.2) is 29.6 Å². The van der Waals surface area contributed by atoms with Crippen molar-refractivity contribution in [1.29, 1.82) is 0 Å². The van der Waals surface area contributed by atoms with Crippen LogP contribution in [0.5, 0.6) is 5.75 Å². The molecule has 2 nitrogen and oxygen atoms in total. The van der Waals surface area contributed by atoms with E-state index in [4.69, 9.17) is 0 Å². The lowest BCUT2D eigenvalue weighted by molar-refractivity contribution is 0.000557. The van der Waals surface area contributed by atoms with Crippen LogP contribution >= 0.6 is 12.4 Å². The second kappa shape index (κ2) is 9.23. The van der Waals surface area contributed by atoms with Crippen molar-refractivity contribution in [3.8, 4) is 5.75 Å². The van der Waals surface area contributed by atoms with Crippen LogP contribution in [0.25, 0.3) is 0 Å². The van der Waals surface area contributed by atoms with E-state index in [-0.39, 0.29) is 24.1 Å². The molecule has 0 bridgehead atoms. The molecule has 4 heteroatoms. The highest BCUT2D eigenvalue weighted by Gasteiger charge is 2.42. The first-order chi connectivity index (χ1) is 11.6. The normalized spacial score (nSPS) is 28.5. The molecule has 142 valence electrons. The largest absolute Gasteiger partial charge is 0.508 e. The fourth-order valence-corrected chi connectivity index (χ4v) is 4.67. The summed E-state index contributed by atoms with van der Waals surface area (Å²) in [6.45, 7) is 4.76. The maximum absolute atomic E-state index is 15.5. The van der Waals surface area contributed by atoms with Gasteiger partial charge in [-0.2, -0.15) is 0 Å². The minimum Gasteiger partial charge on any atom is -0.508 e. The SMILES string of the molecule is CC1CN(CCCC2CCCCC2)CCC1(F)c1cccc(O)c1.Cl. The number of phenolic OH excluding ortho intramolecular Hbond substituents is 1. The van der Waals surface area contributed by atoms with E-state index in [1.807, 2.05) is 13.0 Å². The molecular weight excluding hydrogens is 337 g/mol. The van der Waals surface area contributed by atoms with Gasteiger partial charge in [-0.1, -0.05) is 51.2 Å². The molecule has 1 aliphatic carbocycles. The van der Waals surface area contributed by atoms with Crippen molar-refractivity contribution >= 4 is 12.4 Å². The van der Waals surface area contributed by atoms with E-state index in [1.54, 1.807) is 18.2 Å². The summed E-state index contributed by atoms with van der Waals surface area (Å²) >= 11 is 0. The zero-order valence-electron chi connectivity index (χ0n) is 15.4. The van der Waals surface area contributed by atoms with E-state index in [2.05, 4.69) is 4.90 Å². The summed E-state index contributed by atoms with van der Waals surface area (Å²) < 4.78 is 15.5. The number of alkyl halides is 1. The summed E-state index contributed by atoms with van der Waals surface area (Å²) in [6.07, 6.45) is 10.2. The third-order valence-corrected chi connectivity index (χ3v) is 6.24. The highest BCUT2D eigenvalue weighted by Crippen LogP contribution is 2.42. The number of phenols is 1. The molecule has 3 rings (SSSR count).